The minimum absolute atomic E-state index is 0.158. The third-order valence-electron chi connectivity index (χ3n) is 7.26. The average Bonchev–Trinajstić information content (AvgIpc) is 3.16. The van der Waals surface area contributed by atoms with Crippen molar-refractivity contribution in [3.63, 3.8) is 0 Å². The lowest BCUT2D eigenvalue weighted by molar-refractivity contribution is -0.121. The minimum atomic E-state index is 0.158. The summed E-state index contributed by atoms with van der Waals surface area (Å²) in [6.07, 6.45) is 8.51. The SMILES string of the molecule is Cc1ccc(Cn2cc(CCC(=O)NCCCN3[C@@H](C)CCC[C@@H]3C)c3ccccc32)cc1. The molecule has 2 atom stereocenters. The van der Waals surface area contributed by atoms with Crippen molar-refractivity contribution in [1.29, 1.82) is 0 Å². The van der Waals surface area contributed by atoms with Gasteiger partial charge in [-0.05, 0) is 63.6 Å². The fourth-order valence-electron chi connectivity index (χ4n) is 5.28. The van der Waals surface area contributed by atoms with Crippen LogP contribution in [0.1, 0.15) is 62.6 Å². The van der Waals surface area contributed by atoms with Gasteiger partial charge in [-0.3, -0.25) is 9.69 Å². The molecule has 1 amide bonds. The van der Waals surface area contributed by atoms with Gasteiger partial charge in [-0.1, -0.05) is 54.4 Å². The molecule has 4 heteroatoms. The number of hydrogen-bond acceptors (Lipinski definition) is 2. The van der Waals surface area contributed by atoms with Crippen molar-refractivity contribution in [2.24, 2.45) is 0 Å². The van der Waals surface area contributed by atoms with Crippen LogP contribution in [0.3, 0.4) is 0 Å². The highest BCUT2D eigenvalue weighted by molar-refractivity contribution is 5.85. The molecule has 0 unspecified atom stereocenters. The molecule has 176 valence electrons. The van der Waals surface area contributed by atoms with E-state index in [2.05, 4.69) is 90.3 Å². The van der Waals surface area contributed by atoms with Gasteiger partial charge in [0.2, 0.25) is 5.91 Å². The molecule has 0 aliphatic carbocycles. The topological polar surface area (TPSA) is 37.3 Å². The lowest BCUT2D eigenvalue weighted by Gasteiger charge is -2.39. The molecule has 3 aromatic rings. The first-order valence-corrected chi connectivity index (χ1v) is 12.7. The molecule has 2 aromatic carbocycles. The molecule has 0 spiro atoms. The van der Waals surface area contributed by atoms with E-state index in [1.165, 1.54) is 46.9 Å². The maximum absolute atomic E-state index is 12.5. The largest absolute Gasteiger partial charge is 0.356 e. The van der Waals surface area contributed by atoms with Crippen LogP contribution in [0.15, 0.2) is 54.7 Å². The molecule has 1 aromatic heterocycles. The van der Waals surface area contributed by atoms with Gasteiger partial charge in [-0.2, -0.15) is 0 Å². The van der Waals surface area contributed by atoms with Gasteiger partial charge in [-0.15, -0.1) is 0 Å². The Morgan fingerprint density at radius 2 is 1.76 bits per heavy atom. The molecule has 1 aliphatic heterocycles. The number of benzene rings is 2. The van der Waals surface area contributed by atoms with E-state index in [1.54, 1.807) is 0 Å². The molecule has 1 N–H and O–H groups in total. The van der Waals surface area contributed by atoms with Crippen molar-refractivity contribution >= 4 is 16.8 Å². The number of carbonyl (C=O) groups is 1. The highest BCUT2D eigenvalue weighted by atomic mass is 16.1. The van der Waals surface area contributed by atoms with Gasteiger partial charge in [0.1, 0.15) is 0 Å². The van der Waals surface area contributed by atoms with Crippen LogP contribution >= 0.6 is 0 Å². The van der Waals surface area contributed by atoms with Crippen molar-refractivity contribution in [1.82, 2.24) is 14.8 Å². The van der Waals surface area contributed by atoms with Crippen LogP contribution in [0.2, 0.25) is 0 Å². The average molecular weight is 446 g/mol. The van der Waals surface area contributed by atoms with Crippen molar-refractivity contribution < 1.29 is 4.79 Å². The van der Waals surface area contributed by atoms with Gasteiger partial charge in [-0.25, -0.2) is 0 Å². The van der Waals surface area contributed by atoms with E-state index in [-0.39, 0.29) is 5.91 Å². The Balaban J connectivity index is 1.29. The Kier molecular flexibility index (Phi) is 7.87. The van der Waals surface area contributed by atoms with Gasteiger partial charge in [0.25, 0.3) is 0 Å². The molecule has 1 saturated heterocycles. The maximum atomic E-state index is 12.5. The number of aromatic nitrogens is 1. The van der Waals surface area contributed by atoms with E-state index in [4.69, 9.17) is 0 Å². The lowest BCUT2D eigenvalue weighted by Crippen LogP contribution is -2.44. The second kappa shape index (κ2) is 11.0. The summed E-state index contributed by atoms with van der Waals surface area (Å²) in [5.41, 5.74) is 5.06. The van der Waals surface area contributed by atoms with E-state index >= 15 is 0 Å². The fraction of sp³-hybridized carbons (Fsp3) is 0.483. The van der Waals surface area contributed by atoms with E-state index in [0.717, 1.165) is 32.5 Å². The summed E-state index contributed by atoms with van der Waals surface area (Å²) >= 11 is 0. The summed E-state index contributed by atoms with van der Waals surface area (Å²) in [4.78, 5) is 15.1. The quantitative estimate of drug-likeness (QED) is 0.429. The molecule has 2 heterocycles. The van der Waals surface area contributed by atoms with Crippen LogP contribution in [0.4, 0.5) is 0 Å². The van der Waals surface area contributed by atoms with Crippen LogP contribution < -0.4 is 5.32 Å². The summed E-state index contributed by atoms with van der Waals surface area (Å²) in [7, 11) is 0. The van der Waals surface area contributed by atoms with E-state index < -0.39 is 0 Å². The van der Waals surface area contributed by atoms with Gasteiger partial charge < -0.3 is 9.88 Å². The summed E-state index contributed by atoms with van der Waals surface area (Å²) in [5, 5.41) is 4.40. The lowest BCUT2D eigenvalue weighted by atomic mass is 9.97. The number of nitrogens with one attached hydrogen (secondary N) is 1. The van der Waals surface area contributed by atoms with Crippen LogP contribution in [0.25, 0.3) is 10.9 Å². The summed E-state index contributed by atoms with van der Waals surface area (Å²) in [6.45, 7) is 9.49. The number of fused-ring (bicyclic) bond motifs is 1. The maximum Gasteiger partial charge on any atom is 0.220 e. The number of para-hydroxylation sites is 1. The number of carbonyl (C=O) groups excluding carboxylic acids is 1. The molecule has 0 radical (unpaired) electrons. The van der Waals surface area contributed by atoms with Crippen molar-refractivity contribution in [2.75, 3.05) is 13.1 Å². The number of likely N-dealkylation sites (tertiary alicyclic amines) is 1. The fourth-order valence-corrected chi connectivity index (χ4v) is 5.28. The number of nitrogens with zero attached hydrogens (tertiary/aromatic N) is 2. The van der Waals surface area contributed by atoms with Gasteiger partial charge in [0, 0.05) is 55.2 Å². The first-order chi connectivity index (χ1) is 16.0. The minimum Gasteiger partial charge on any atom is -0.356 e. The van der Waals surface area contributed by atoms with E-state index in [9.17, 15) is 4.79 Å². The van der Waals surface area contributed by atoms with Crippen molar-refractivity contribution in [3.05, 3.63) is 71.4 Å². The van der Waals surface area contributed by atoms with Gasteiger partial charge in [0.05, 0.1) is 0 Å². The van der Waals surface area contributed by atoms with Crippen LogP contribution in [-0.4, -0.2) is 40.5 Å². The monoisotopic (exact) mass is 445 g/mol. The normalized spacial score (nSPS) is 19.1. The summed E-state index contributed by atoms with van der Waals surface area (Å²) in [6, 6.07) is 18.6. The van der Waals surface area contributed by atoms with Crippen LogP contribution in [0.5, 0.6) is 0 Å². The van der Waals surface area contributed by atoms with Crippen molar-refractivity contribution in [3.8, 4) is 0 Å². The second-order valence-corrected chi connectivity index (χ2v) is 9.86. The predicted octanol–water partition coefficient (Wildman–Crippen LogP) is 5.70. The number of hydrogen-bond donors (Lipinski definition) is 1. The molecule has 4 rings (SSSR count). The van der Waals surface area contributed by atoms with Crippen molar-refractivity contribution in [2.45, 2.75) is 77.9 Å². The molecular formula is C29H39N3O. The molecule has 0 bridgehead atoms. The first-order valence-electron chi connectivity index (χ1n) is 12.7. The Hall–Kier alpha value is -2.59. The zero-order valence-corrected chi connectivity index (χ0v) is 20.5. The highest BCUT2D eigenvalue weighted by Gasteiger charge is 2.23. The summed E-state index contributed by atoms with van der Waals surface area (Å²) < 4.78 is 2.31. The number of piperidine rings is 1. The zero-order valence-electron chi connectivity index (χ0n) is 20.5. The van der Waals surface area contributed by atoms with Gasteiger partial charge in [0.15, 0.2) is 0 Å². The standard InChI is InChI=1S/C29H39N3O/c1-22-12-14-25(15-13-22)20-31-21-26(27-10-4-5-11-28(27)31)16-17-29(33)30-18-7-19-32-23(2)8-6-9-24(32)3/h4-5,10-15,21,23-24H,6-9,16-20H2,1-3H3,(H,30,33)/t23-,24-/m0/s1. The second-order valence-electron chi connectivity index (χ2n) is 9.86. The first kappa shape index (κ1) is 23.6. The Morgan fingerprint density at radius 3 is 2.52 bits per heavy atom. The molecule has 1 aliphatic rings. The Bertz CT molecular complexity index is 1040. The molecular weight excluding hydrogens is 406 g/mol. The number of amides is 1. The Morgan fingerprint density at radius 1 is 1.03 bits per heavy atom. The van der Waals surface area contributed by atoms with Gasteiger partial charge >= 0.3 is 0 Å². The van der Waals surface area contributed by atoms with Crippen LogP contribution in [0, 0.1) is 6.92 Å². The number of rotatable bonds is 9. The van der Waals surface area contributed by atoms with E-state index in [1.807, 2.05) is 0 Å². The molecule has 33 heavy (non-hydrogen) atoms. The third-order valence-corrected chi connectivity index (χ3v) is 7.26. The summed E-state index contributed by atoms with van der Waals surface area (Å²) in [5.74, 6) is 0.158. The van der Waals surface area contributed by atoms with E-state index in [0.29, 0.717) is 18.5 Å². The molecule has 4 nitrogen and oxygen atoms in total. The van der Waals surface area contributed by atoms with Crippen LogP contribution in [-0.2, 0) is 17.8 Å². The molecule has 0 saturated carbocycles. The number of aryl methyl sites for hydroxylation is 2. The molecule has 1 fully saturated rings. The predicted molar refractivity (Wildman–Crippen MR) is 138 cm³/mol. The third kappa shape index (κ3) is 6.05. The Labute approximate surface area is 199 Å². The highest BCUT2D eigenvalue weighted by Crippen LogP contribution is 2.24. The zero-order chi connectivity index (χ0) is 23.2. The smallest absolute Gasteiger partial charge is 0.220 e.